The fourth-order valence-corrected chi connectivity index (χ4v) is 6.23. The van der Waals surface area contributed by atoms with Gasteiger partial charge >= 0.3 is 0 Å². The first-order valence-corrected chi connectivity index (χ1v) is 14.3. The SMILES string of the molecule is Cc1sc(C(=O)Nc2cc(Cl)cc(NS(C)(=O)=O)c2)cc1-c1ncc(N2CCC3(COC3)C2)cc1F. The molecule has 2 aliphatic rings. The Hall–Kier alpha value is -2.73. The average Bonchev–Trinajstić information content (AvgIpc) is 3.37. The Balaban J connectivity index is 1.34. The van der Waals surface area contributed by atoms with Gasteiger partial charge in [0, 0.05) is 45.7 Å². The van der Waals surface area contributed by atoms with Crippen LogP contribution in [0.5, 0.6) is 0 Å². The number of anilines is 3. The molecule has 0 unspecified atom stereocenters. The maximum atomic E-state index is 15.2. The van der Waals surface area contributed by atoms with E-state index >= 15 is 4.39 Å². The summed E-state index contributed by atoms with van der Waals surface area (Å²) < 4.78 is 45.9. The molecule has 2 fully saturated rings. The van der Waals surface area contributed by atoms with Crippen molar-refractivity contribution in [2.45, 2.75) is 13.3 Å². The van der Waals surface area contributed by atoms with E-state index in [1.165, 1.54) is 35.6 Å². The standard InChI is InChI=1S/C24H24ClFN4O4S2/c1-14-19(22-20(26)8-18(10-27-22)30-4-3-24(11-30)12-34-13-24)9-21(35-14)23(31)28-16-5-15(25)6-17(7-16)29-36(2,32)33/h5-10,29H,3-4,11-13H2,1-2H3,(H,28,31). The van der Waals surface area contributed by atoms with Crippen molar-refractivity contribution in [1.82, 2.24) is 4.98 Å². The third-order valence-electron chi connectivity index (χ3n) is 6.30. The highest BCUT2D eigenvalue weighted by Crippen LogP contribution is 2.40. The Morgan fingerprint density at radius 2 is 1.97 bits per heavy atom. The molecule has 2 N–H and O–H groups in total. The summed E-state index contributed by atoms with van der Waals surface area (Å²) in [5.41, 5.74) is 2.21. The molecule has 1 aromatic carbocycles. The number of carbonyl (C=O) groups excluding carboxylic acids is 1. The fourth-order valence-electron chi connectivity index (χ4n) is 4.54. The van der Waals surface area contributed by atoms with Crippen LogP contribution in [0.2, 0.25) is 5.02 Å². The molecule has 8 nitrogen and oxygen atoms in total. The van der Waals surface area contributed by atoms with Gasteiger partial charge in [-0.25, -0.2) is 12.8 Å². The van der Waals surface area contributed by atoms with Gasteiger partial charge in [0.1, 0.15) is 5.69 Å². The topological polar surface area (TPSA) is 101 Å². The average molecular weight is 551 g/mol. The van der Waals surface area contributed by atoms with Crippen molar-refractivity contribution in [3.63, 3.8) is 0 Å². The largest absolute Gasteiger partial charge is 0.380 e. The molecule has 0 atom stereocenters. The molecule has 1 amide bonds. The van der Waals surface area contributed by atoms with Crippen molar-refractivity contribution in [2.75, 3.05) is 47.5 Å². The van der Waals surface area contributed by atoms with E-state index in [0.29, 0.717) is 16.1 Å². The van der Waals surface area contributed by atoms with Crippen molar-refractivity contribution in [3.05, 3.63) is 57.1 Å². The Kier molecular flexibility index (Phi) is 6.44. The smallest absolute Gasteiger partial charge is 0.265 e. The maximum absolute atomic E-state index is 15.2. The number of sulfonamides is 1. The van der Waals surface area contributed by atoms with Gasteiger partial charge in [-0.15, -0.1) is 11.3 Å². The van der Waals surface area contributed by atoms with Crippen molar-refractivity contribution in [3.8, 4) is 11.3 Å². The molecule has 4 heterocycles. The normalized spacial score (nSPS) is 16.7. The monoisotopic (exact) mass is 550 g/mol. The number of carbonyl (C=O) groups is 1. The minimum Gasteiger partial charge on any atom is -0.380 e. The third-order valence-corrected chi connectivity index (χ3v) is 8.18. The number of ether oxygens (including phenoxy) is 1. The molecule has 2 aromatic heterocycles. The van der Waals surface area contributed by atoms with Gasteiger partial charge in [0.25, 0.3) is 5.91 Å². The highest BCUT2D eigenvalue weighted by atomic mass is 35.5. The Labute approximate surface area is 217 Å². The van der Waals surface area contributed by atoms with Crippen LogP contribution in [-0.4, -0.2) is 51.9 Å². The van der Waals surface area contributed by atoms with E-state index in [9.17, 15) is 13.2 Å². The van der Waals surface area contributed by atoms with Gasteiger partial charge < -0.3 is 15.0 Å². The lowest BCUT2D eigenvalue weighted by Crippen LogP contribution is -2.44. The Morgan fingerprint density at radius 1 is 1.22 bits per heavy atom. The van der Waals surface area contributed by atoms with E-state index in [2.05, 4.69) is 19.9 Å². The summed E-state index contributed by atoms with van der Waals surface area (Å²) >= 11 is 7.29. The molecule has 12 heteroatoms. The van der Waals surface area contributed by atoms with Crippen molar-refractivity contribution in [2.24, 2.45) is 5.41 Å². The number of rotatable bonds is 6. The van der Waals surface area contributed by atoms with E-state index in [-0.39, 0.29) is 21.8 Å². The highest BCUT2D eigenvalue weighted by molar-refractivity contribution is 7.92. The molecule has 2 aliphatic heterocycles. The molecule has 0 bridgehead atoms. The second-order valence-electron chi connectivity index (χ2n) is 9.33. The number of hydrogen-bond donors (Lipinski definition) is 2. The zero-order valence-electron chi connectivity index (χ0n) is 19.6. The van der Waals surface area contributed by atoms with Crippen LogP contribution in [0, 0.1) is 18.2 Å². The molecule has 5 rings (SSSR count). The quantitative estimate of drug-likeness (QED) is 0.459. The molecule has 1 spiro atoms. The van der Waals surface area contributed by atoms with Crippen molar-refractivity contribution in [1.29, 1.82) is 0 Å². The second kappa shape index (κ2) is 9.29. The molecule has 190 valence electrons. The molecular weight excluding hydrogens is 527 g/mol. The Bertz CT molecular complexity index is 1460. The number of benzene rings is 1. The van der Waals surface area contributed by atoms with E-state index in [1.54, 1.807) is 19.2 Å². The van der Waals surface area contributed by atoms with E-state index in [0.717, 1.165) is 49.5 Å². The van der Waals surface area contributed by atoms with E-state index in [1.807, 2.05) is 0 Å². The summed E-state index contributed by atoms with van der Waals surface area (Å²) in [5.74, 6) is -0.874. The number of aryl methyl sites for hydroxylation is 1. The number of thiophene rings is 1. The molecule has 3 aromatic rings. The van der Waals surface area contributed by atoms with Gasteiger partial charge in [-0.3, -0.25) is 14.5 Å². The number of halogens is 2. The van der Waals surface area contributed by atoms with Crippen LogP contribution in [0.4, 0.5) is 21.5 Å². The minimum absolute atomic E-state index is 0.186. The van der Waals surface area contributed by atoms with E-state index in [4.69, 9.17) is 16.3 Å². The zero-order valence-corrected chi connectivity index (χ0v) is 22.0. The van der Waals surface area contributed by atoms with Crippen LogP contribution in [0.25, 0.3) is 11.3 Å². The summed E-state index contributed by atoms with van der Waals surface area (Å²) in [6, 6.07) is 7.51. The Morgan fingerprint density at radius 3 is 2.61 bits per heavy atom. The fraction of sp³-hybridized carbons (Fsp3) is 0.333. The van der Waals surface area contributed by atoms with Crippen LogP contribution in [0.1, 0.15) is 21.0 Å². The third kappa shape index (κ3) is 5.19. The first kappa shape index (κ1) is 24.9. The first-order chi connectivity index (χ1) is 17.0. The highest BCUT2D eigenvalue weighted by Gasteiger charge is 2.44. The minimum atomic E-state index is -3.51. The summed E-state index contributed by atoms with van der Waals surface area (Å²) in [6.45, 7) is 4.99. The summed E-state index contributed by atoms with van der Waals surface area (Å²) in [7, 11) is -3.51. The predicted octanol–water partition coefficient (Wildman–Crippen LogP) is 4.76. The van der Waals surface area contributed by atoms with Gasteiger partial charge in [-0.05, 0) is 37.6 Å². The van der Waals surface area contributed by atoms with Crippen LogP contribution < -0.4 is 14.9 Å². The number of aromatic nitrogens is 1. The number of amides is 1. The van der Waals surface area contributed by atoms with Gasteiger partial charge in [0.05, 0.1) is 41.9 Å². The number of nitrogens with one attached hydrogen (secondary N) is 2. The van der Waals surface area contributed by atoms with Crippen LogP contribution in [-0.2, 0) is 14.8 Å². The zero-order chi connectivity index (χ0) is 25.7. The summed E-state index contributed by atoms with van der Waals surface area (Å²) in [4.78, 5) is 20.6. The van der Waals surface area contributed by atoms with Crippen LogP contribution >= 0.6 is 22.9 Å². The molecule has 36 heavy (non-hydrogen) atoms. The number of pyridine rings is 1. The van der Waals surface area contributed by atoms with Crippen LogP contribution in [0.15, 0.2) is 36.5 Å². The lowest BCUT2D eigenvalue weighted by Gasteiger charge is -2.37. The van der Waals surface area contributed by atoms with Crippen molar-refractivity contribution >= 4 is 55.9 Å². The number of hydrogen-bond acceptors (Lipinski definition) is 7. The second-order valence-corrected chi connectivity index (χ2v) is 12.8. The van der Waals surface area contributed by atoms with Gasteiger partial charge in [-0.2, -0.15) is 0 Å². The lowest BCUT2D eigenvalue weighted by molar-refractivity contribution is -0.0985. The predicted molar refractivity (Wildman–Crippen MR) is 140 cm³/mol. The molecule has 0 saturated carbocycles. The van der Waals surface area contributed by atoms with Gasteiger partial charge in [-0.1, -0.05) is 11.6 Å². The summed E-state index contributed by atoms with van der Waals surface area (Å²) in [6.07, 6.45) is 3.72. The van der Waals surface area contributed by atoms with Crippen LogP contribution in [0.3, 0.4) is 0 Å². The molecule has 0 aliphatic carbocycles. The van der Waals surface area contributed by atoms with Gasteiger partial charge in [0.15, 0.2) is 5.82 Å². The molecule has 2 saturated heterocycles. The molecular formula is C24H24ClFN4O4S2. The first-order valence-electron chi connectivity index (χ1n) is 11.2. The maximum Gasteiger partial charge on any atom is 0.265 e. The lowest BCUT2D eigenvalue weighted by atomic mass is 9.85. The van der Waals surface area contributed by atoms with Crippen molar-refractivity contribution < 1.29 is 22.3 Å². The van der Waals surface area contributed by atoms with Gasteiger partial charge in [0.2, 0.25) is 10.0 Å². The number of nitrogens with zero attached hydrogens (tertiary/aromatic N) is 2. The van der Waals surface area contributed by atoms with E-state index < -0.39 is 21.7 Å². The summed E-state index contributed by atoms with van der Waals surface area (Å²) in [5, 5.41) is 2.97. The molecule has 0 radical (unpaired) electrons.